The van der Waals surface area contributed by atoms with Gasteiger partial charge in [-0.3, -0.25) is 9.59 Å². The van der Waals surface area contributed by atoms with Crippen molar-refractivity contribution in [3.05, 3.63) is 121 Å². The summed E-state index contributed by atoms with van der Waals surface area (Å²) in [6, 6.07) is 36.5. The summed E-state index contributed by atoms with van der Waals surface area (Å²) in [4.78, 5) is 24.7. The van der Waals surface area contributed by atoms with Crippen molar-refractivity contribution in [3.8, 4) is 44.9 Å². The van der Waals surface area contributed by atoms with Gasteiger partial charge in [0.1, 0.15) is 11.5 Å². The molecular weight excluding hydrogens is 548 g/mol. The van der Waals surface area contributed by atoms with Crippen LogP contribution in [-0.4, -0.2) is 29.1 Å². The Kier molecular flexibility index (Phi) is 8.11. The van der Waals surface area contributed by atoms with Crippen LogP contribution in [0.25, 0.3) is 54.9 Å². The first-order valence-corrected chi connectivity index (χ1v) is 14.7. The van der Waals surface area contributed by atoms with Crippen LogP contribution in [0, 0.1) is 0 Å². The molecule has 5 nitrogen and oxygen atoms in total. The van der Waals surface area contributed by atoms with Gasteiger partial charge in [-0.1, -0.05) is 97.1 Å². The lowest BCUT2D eigenvalue weighted by atomic mass is 9.86. The fourth-order valence-corrected chi connectivity index (χ4v) is 5.89. The fourth-order valence-electron chi connectivity index (χ4n) is 5.89. The molecule has 5 heteroatoms. The van der Waals surface area contributed by atoms with Gasteiger partial charge < -0.3 is 14.9 Å². The van der Waals surface area contributed by atoms with Crippen molar-refractivity contribution < 1.29 is 24.5 Å². The Hall–Kier alpha value is -5.42. The summed E-state index contributed by atoms with van der Waals surface area (Å²) >= 11 is 0. The fraction of sp³-hybridized carbons (Fsp3) is 0.128. The van der Waals surface area contributed by atoms with E-state index in [9.17, 15) is 19.8 Å². The number of methoxy groups -OCH3 is 1. The molecule has 0 saturated heterocycles. The average molecular weight is 581 g/mol. The molecule has 6 aromatic carbocycles. The number of Topliss-reactive ketones (excluding diaryl/α,β-unsaturated/α-hetero) is 1. The first kappa shape index (κ1) is 28.7. The van der Waals surface area contributed by atoms with E-state index in [1.54, 1.807) is 6.07 Å². The maximum Gasteiger partial charge on any atom is 0.305 e. The smallest absolute Gasteiger partial charge is 0.305 e. The van der Waals surface area contributed by atoms with Crippen molar-refractivity contribution in [1.82, 2.24) is 0 Å². The van der Waals surface area contributed by atoms with Crippen molar-refractivity contribution in [2.45, 2.75) is 25.7 Å². The van der Waals surface area contributed by atoms with Crippen LogP contribution < -0.4 is 0 Å². The van der Waals surface area contributed by atoms with Crippen LogP contribution in [0.4, 0.5) is 0 Å². The zero-order valence-corrected chi connectivity index (χ0v) is 24.4. The number of phenolic OH excluding ortho intramolecular Hbond substituents is 2. The number of rotatable bonds is 9. The summed E-state index contributed by atoms with van der Waals surface area (Å²) in [6.45, 7) is 0. The molecule has 0 aliphatic carbocycles. The van der Waals surface area contributed by atoms with Crippen LogP contribution in [-0.2, 0) is 9.53 Å². The summed E-state index contributed by atoms with van der Waals surface area (Å²) in [6.07, 6.45) is 1.74. The predicted molar refractivity (Wildman–Crippen MR) is 176 cm³/mol. The van der Waals surface area contributed by atoms with Gasteiger partial charge in [0.05, 0.1) is 7.11 Å². The van der Waals surface area contributed by atoms with Crippen LogP contribution in [0.1, 0.15) is 36.0 Å². The quantitative estimate of drug-likeness (QED) is 0.101. The number of hydrogen-bond donors (Lipinski definition) is 2. The number of ether oxygens (including phenoxy) is 1. The van der Waals surface area contributed by atoms with E-state index in [2.05, 4.69) is 0 Å². The van der Waals surface area contributed by atoms with Gasteiger partial charge >= 0.3 is 5.97 Å². The van der Waals surface area contributed by atoms with E-state index < -0.39 is 0 Å². The minimum Gasteiger partial charge on any atom is -0.507 e. The van der Waals surface area contributed by atoms with Gasteiger partial charge in [0.15, 0.2) is 5.78 Å². The van der Waals surface area contributed by atoms with Crippen molar-refractivity contribution in [2.24, 2.45) is 0 Å². The molecule has 0 aliphatic rings. The van der Waals surface area contributed by atoms with Gasteiger partial charge in [-0.25, -0.2) is 0 Å². The summed E-state index contributed by atoms with van der Waals surface area (Å²) < 4.78 is 4.70. The molecule has 0 amide bonds. The molecule has 0 fully saturated rings. The summed E-state index contributed by atoms with van der Waals surface area (Å²) in [7, 11) is 1.36. The molecule has 0 unspecified atom stereocenters. The standard InChI is InChI=1S/C39H32O5/c1-44-35(41)19-11-10-18-34(40)28-20-21-31-29(22-28)24-33(26-14-6-3-7-15-26)39(43)37(31)36-30-17-9-8-16-27(30)23-32(38(36)42)25-12-4-2-5-13-25/h2-9,12-17,20-24,42-43H,10-11,18-19H2,1H3. The zero-order chi connectivity index (χ0) is 30.6. The zero-order valence-electron chi connectivity index (χ0n) is 24.4. The second-order valence-corrected chi connectivity index (χ2v) is 10.9. The Morgan fingerprint density at radius 1 is 0.591 bits per heavy atom. The Balaban J connectivity index is 1.56. The van der Waals surface area contributed by atoms with Gasteiger partial charge in [-0.2, -0.15) is 0 Å². The molecule has 0 heterocycles. The Morgan fingerprint density at radius 3 is 1.73 bits per heavy atom. The highest BCUT2D eigenvalue weighted by Gasteiger charge is 2.23. The molecule has 218 valence electrons. The molecule has 0 spiro atoms. The number of fused-ring (bicyclic) bond motifs is 2. The third-order valence-corrected chi connectivity index (χ3v) is 8.14. The Labute approximate surface area is 256 Å². The monoisotopic (exact) mass is 580 g/mol. The van der Waals surface area contributed by atoms with Gasteiger partial charge in [-0.05, 0) is 63.7 Å². The topological polar surface area (TPSA) is 83.8 Å². The number of esters is 1. The minimum atomic E-state index is -0.281. The molecule has 0 saturated carbocycles. The highest BCUT2D eigenvalue weighted by molar-refractivity contribution is 6.15. The van der Waals surface area contributed by atoms with Gasteiger partial charge in [0.2, 0.25) is 0 Å². The third-order valence-electron chi connectivity index (χ3n) is 8.14. The first-order chi connectivity index (χ1) is 21.5. The van der Waals surface area contributed by atoms with E-state index in [0.717, 1.165) is 32.7 Å². The molecule has 2 N–H and O–H groups in total. The number of hydrogen-bond acceptors (Lipinski definition) is 5. The minimum absolute atomic E-state index is 0.0213. The summed E-state index contributed by atoms with van der Waals surface area (Å²) in [5.74, 6) is -0.179. The maximum absolute atomic E-state index is 13.2. The van der Waals surface area contributed by atoms with E-state index in [-0.39, 0.29) is 29.7 Å². The highest BCUT2D eigenvalue weighted by Crippen LogP contribution is 2.51. The molecule has 0 radical (unpaired) electrons. The number of unbranched alkanes of at least 4 members (excludes halogenated alkanes) is 1. The van der Waals surface area contributed by atoms with Crippen LogP contribution >= 0.6 is 0 Å². The van der Waals surface area contributed by atoms with Crippen molar-refractivity contribution in [3.63, 3.8) is 0 Å². The second kappa shape index (κ2) is 12.4. The molecule has 0 bridgehead atoms. The number of benzene rings is 6. The van der Waals surface area contributed by atoms with Crippen molar-refractivity contribution >= 4 is 33.3 Å². The van der Waals surface area contributed by atoms with Crippen LogP contribution in [0.3, 0.4) is 0 Å². The van der Waals surface area contributed by atoms with Gasteiger partial charge in [0.25, 0.3) is 0 Å². The van der Waals surface area contributed by atoms with E-state index >= 15 is 0 Å². The summed E-state index contributed by atoms with van der Waals surface area (Å²) in [5, 5.41) is 27.2. The molecule has 6 aromatic rings. The lowest BCUT2D eigenvalue weighted by Crippen LogP contribution is -2.02. The van der Waals surface area contributed by atoms with E-state index in [0.29, 0.717) is 47.1 Å². The van der Waals surface area contributed by atoms with E-state index in [1.807, 2.05) is 109 Å². The second-order valence-electron chi connectivity index (χ2n) is 10.9. The number of ketones is 1. The molecular formula is C39H32O5. The van der Waals surface area contributed by atoms with E-state index in [4.69, 9.17) is 4.74 Å². The SMILES string of the molecule is COC(=O)CCCCC(=O)c1ccc2c(-c3c(O)c(-c4ccccc4)cc4ccccc34)c(O)c(-c3ccccc3)cc2c1. The summed E-state index contributed by atoms with van der Waals surface area (Å²) in [5.41, 5.74) is 4.53. The number of aromatic hydroxyl groups is 2. The lowest BCUT2D eigenvalue weighted by molar-refractivity contribution is -0.140. The molecule has 0 aromatic heterocycles. The number of carbonyl (C=O) groups is 2. The third kappa shape index (κ3) is 5.52. The lowest BCUT2D eigenvalue weighted by Gasteiger charge is -2.20. The Morgan fingerprint density at radius 2 is 1.11 bits per heavy atom. The Bertz CT molecular complexity index is 2000. The van der Waals surface area contributed by atoms with Crippen molar-refractivity contribution in [1.29, 1.82) is 0 Å². The average Bonchev–Trinajstić information content (AvgIpc) is 3.07. The molecule has 0 aliphatic heterocycles. The largest absolute Gasteiger partial charge is 0.507 e. The molecule has 6 rings (SSSR count). The highest BCUT2D eigenvalue weighted by atomic mass is 16.5. The van der Waals surface area contributed by atoms with E-state index in [1.165, 1.54) is 7.11 Å². The number of phenols is 2. The molecule has 0 atom stereocenters. The number of carbonyl (C=O) groups excluding carboxylic acids is 2. The van der Waals surface area contributed by atoms with Gasteiger partial charge in [0, 0.05) is 40.7 Å². The maximum atomic E-state index is 13.2. The van der Waals surface area contributed by atoms with Gasteiger partial charge in [-0.15, -0.1) is 0 Å². The van der Waals surface area contributed by atoms with Crippen molar-refractivity contribution in [2.75, 3.05) is 7.11 Å². The normalized spacial score (nSPS) is 11.1. The first-order valence-electron chi connectivity index (χ1n) is 14.7. The predicted octanol–water partition coefficient (Wildman–Crippen LogP) is 9.32. The molecule has 44 heavy (non-hydrogen) atoms. The van der Waals surface area contributed by atoms with Crippen LogP contribution in [0.2, 0.25) is 0 Å². The van der Waals surface area contributed by atoms with Crippen LogP contribution in [0.15, 0.2) is 115 Å². The van der Waals surface area contributed by atoms with Crippen LogP contribution in [0.5, 0.6) is 11.5 Å².